The first-order valence-corrected chi connectivity index (χ1v) is 6.16. The van der Waals surface area contributed by atoms with Gasteiger partial charge in [0.15, 0.2) is 0 Å². The molecule has 4 nitrogen and oxygen atoms in total. The van der Waals surface area contributed by atoms with Gasteiger partial charge in [0.2, 0.25) is 5.91 Å². The van der Waals surface area contributed by atoms with Crippen molar-refractivity contribution in [3.05, 3.63) is 35.9 Å². The smallest absolute Gasteiger partial charge is 0.237 e. The Morgan fingerprint density at radius 2 is 2.11 bits per heavy atom. The van der Waals surface area contributed by atoms with Crippen LogP contribution in [0.5, 0.6) is 0 Å². The van der Waals surface area contributed by atoms with E-state index in [1.807, 2.05) is 37.3 Å². The summed E-state index contributed by atoms with van der Waals surface area (Å²) in [6.45, 7) is 1.84. The molecule has 1 unspecified atom stereocenters. The van der Waals surface area contributed by atoms with Crippen molar-refractivity contribution < 1.29 is 4.79 Å². The predicted molar refractivity (Wildman–Crippen MR) is 70.6 cm³/mol. The summed E-state index contributed by atoms with van der Waals surface area (Å²) < 4.78 is 0. The number of nitrogens with one attached hydrogen (secondary N) is 1. The second kappa shape index (κ2) is 7.46. The first kappa shape index (κ1) is 14.2. The molecule has 0 aliphatic rings. The lowest BCUT2D eigenvalue weighted by atomic mass is 10.1. The van der Waals surface area contributed by atoms with Gasteiger partial charge in [-0.2, -0.15) is 5.26 Å². The molecule has 2 atom stereocenters. The molecule has 1 rings (SSSR count). The van der Waals surface area contributed by atoms with Gasteiger partial charge in [-0.3, -0.25) is 4.79 Å². The summed E-state index contributed by atoms with van der Waals surface area (Å²) in [6, 6.07) is 11.0. The molecule has 1 aromatic rings. The molecule has 0 fully saturated rings. The van der Waals surface area contributed by atoms with Crippen LogP contribution in [-0.4, -0.2) is 18.0 Å². The highest BCUT2D eigenvalue weighted by Crippen LogP contribution is 2.05. The van der Waals surface area contributed by atoms with E-state index in [2.05, 4.69) is 11.4 Å². The van der Waals surface area contributed by atoms with Gasteiger partial charge in [0.05, 0.1) is 12.1 Å². The van der Waals surface area contributed by atoms with E-state index >= 15 is 0 Å². The van der Waals surface area contributed by atoms with E-state index in [-0.39, 0.29) is 5.91 Å². The number of nitrogens with zero attached hydrogens (tertiary/aromatic N) is 1. The van der Waals surface area contributed by atoms with Crippen LogP contribution in [0.4, 0.5) is 0 Å². The lowest BCUT2D eigenvalue weighted by molar-refractivity contribution is -0.122. The summed E-state index contributed by atoms with van der Waals surface area (Å²) in [5, 5.41) is 11.7. The largest absolute Gasteiger partial charge is 0.339 e. The van der Waals surface area contributed by atoms with Gasteiger partial charge in [-0.25, -0.2) is 0 Å². The summed E-state index contributed by atoms with van der Waals surface area (Å²) in [6.07, 6.45) is 1.94. The van der Waals surface area contributed by atoms with Gasteiger partial charge in [-0.05, 0) is 24.8 Å². The maximum atomic E-state index is 11.6. The molecular weight excluding hydrogens is 226 g/mol. The maximum absolute atomic E-state index is 11.6. The van der Waals surface area contributed by atoms with Crippen LogP contribution in [0.1, 0.15) is 25.3 Å². The Morgan fingerprint density at radius 3 is 2.67 bits per heavy atom. The molecule has 0 saturated heterocycles. The zero-order valence-corrected chi connectivity index (χ0v) is 10.6. The average Bonchev–Trinajstić information content (AvgIpc) is 2.43. The fraction of sp³-hybridized carbons (Fsp3) is 0.429. The molecule has 0 aromatic heterocycles. The number of hydrogen-bond donors (Lipinski definition) is 2. The summed E-state index contributed by atoms with van der Waals surface area (Å²) >= 11 is 0. The normalized spacial score (nSPS) is 13.4. The van der Waals surface area contributed by atoms with Crippen LogP contribution < -0.4 is 11.1 Å². The Bertz CT molecular complexity index is 411. The van der Waals surface area contributed by atoms with Crippen molar-refractivity contribution in [3.63, 3.8) is 0 Å². The van der Waals surface area contributed by atoms with E-state index in [9.17, 15) is 4.79 Å². The topological polar surface area (TPSA) is 78.9 Å². The van der Waals surface area contributed by atoms with Crippen LogP contribution >= 0.6 is 0 Å². The van der Waals surface area contributed by atoms with Crippen LogP contribution in [0.15, 0.2) is 30.3 Å². The standard InChI is InChI=1S/C14H19N3O/c1-2-13(16)14(18)17-12(10-15)9-8-11-6-4-3-5-7-11/h3-7,12-13H,2,8-9,16H2,1H3,(H,17,18)/t12?,13-/m0/s1. The van der Waals surface area contributed by atoms with Crippen LogP contribution in [0.25, 0.3) is 0 Å². The van der Waals surface area contributed by atoms with Crippen molar-refractivity contribution in [2.75, 3.05) is 0 Å². The molecule has 0 saturated carbocycles. The van der Waals surface area contributed by atoms with E-state index in [0.717, 1.165) is 12.0 Å². The lowest BCUT2D eigenvalue weighted by Gasteiger charge is -2.14. The molecular formula is C14H19N3O. The van der Waals surface area contributed by atoms with E-state index in [0.29, 0.717) is 12.8 Å². The Labute approximate surface area is 108 Å². The summed E-state index contributed by atoms with van der Waals surface area (Å²) in [7, 11) is 0. The fourth-order valence-corrected chi connectivity index (χ4v) is 1.59. The monoisotopic (exact) mass is 245 g/mol. The van der Waals surface area contributed by atoms with Crippen LogP contribution in [0.3, 0.4) is 0 Å². The minimum atomic E-state index is -0.530. The molecule has 96 valence electrons. The lowest BCUT2D eigenvalue weighted by Crippen LogP contribution is -2.44. The van der Waals surface area contributed by atoms with Crippen molar-refractivity contribution >= 4 is 5.91 Å². The van der Waals surface area contributed by atoms with Crippen molar-refractivity contribution in [2.45, 2.75) is 38.3 Å². The van der Waals surface area contributed by atoms with Gasteiger partial charge < -0.3 is 11.1 Å². The van der Waals surface area contributed by atoms with Crippen molar-refractivity contribution in [2.24, 2.45) is 5.73 Å². The van der Waals surface area contributed by atoms with Crippen LogP contribution in [0.2, 0.25) is 0 Å². The molecule has 0 aliphatic heterocycles. The third kappa shape index (κ3) is 4.56. The highest BCUT2D eigenvalue weighted by atomic mass is 16.2. The summed E-state index contributed by atoms with van der Waals surface area (Å²) in [5.41, 5.74) is 6.76. The minimum absolute atomic E-state index is 0.253. The minimum Gasteiger partial charge on any atom is -0.339 e. The number of aryl methyl sites for hydroxylation is 1. The van der Waals surface area contributed by atoms with Crippen molar-refractivity contribution in [1.82, 2.24) is 5.32 Å². The predicted octanol–water partition coefficient (Wildman–Crippen LogP) is 1.36. The second-order valence-electron chi connectivity index (χ2n) is 4.23. The quantitative estimate of drug-likeness (QED) is 0.794. The summed E-state index contributed by atoms with van der Waals surface area (Å²) in [4.78, 5) is 11.6. The van der Waals surface area contributed by atoms with E-state index in [1.54, 1.807) is 0 Å². The van der Waals surface area contributed by atoms with Gasteiger partial charge in [0.25, 0.3) is 0 Å². The molecule has 0 spiro atoms. The van der Waals surface area contributed by atoms with Crippen LogP contribution in [-0.2, 0) is 11.2 Å². The molecule has 1 aromatic carbocycles. The molecule has 0 heterocycles. The molecule has 3 N–H and O–H groups in total. The number of hydrogen-bond acceptors (Lipinski definition) is 3. The highest BCUT2D eigenvalue weighted by molar-refractivity contribution is 5.81. The van der Waals surface area contributed by atoms with Crippen molar-refractivity contribution in [3.8, 4) is 6.07 Å². The number of benzene rings is 1. The number of carbonyl (C=O) groups is 1. The number of amides is 1. The fourth-order valence-electron chi connectivity index (χ4n) is 1.59. The zero-order valence-electron chi connectivity index (χ0n) is 10.6. The zero-order chi connectivity index (χ0) is 13.4. The molecule has 0 bridgehead atoms. The average molecular weight is 245 g/mol. The number of rotatable bonds is 6. The number of carbonyl (C=O) groups excluding carboxylic acids is 1. The Balaban J connectivity index is 2.44. The Kier molecular flexibility index (Phi) is 5.89. The third-order valence-electron chi connectivity index (χ3n) is 2.81. The molecule has 4 heteroatoms. The maximum Gasteiger partial charge on any atom is 0.237 e. The molecule has 0 aliphatic carbocycles. The number of nitriles is 1. The van der Waals surface area contributed by atoms with Gasteiger partial charge in [0, 0.05) is 0 Å². The Hall–Kier alpha value is -1.86. The van der Waals surface area contributed by atoms with Gasteiger partial charge in [-0.1, -0.05) is 37.3 Å². The van der Waals surface area contributed by atoms with Gasteiger partial charge in [0.1, 0.15) is 6.04 Å². The van der Waals surface area contributed by atoms with Crippen molar-refractivity contribution in [1.29, 1.82) is 5.26 Å². The second-order valence-corrected chi connectivity index (χ2v) is 4.23. The van der Waals surface area contributed by atoms with Gasteiger partial charge in [-0.15, -0.1) is 0 Å². The van der Waals surface area contributed by atoms with E-state index in [4.69, 9.17) is 11.0 Å². The Morgan fingerprint density at radius 1 is 1.44 bits per heavy atom. The van der Waals surface area contributed by atoms with Gasteiger partial charge >= 0.3 is 0 Å². The molecule has 0 radical (unpaired) electrons. The molecule has 1 amide bonds. The first-order valence-electron chi connectivity index (χ1n) is 6.16. The SMILES string of the molecule is CC[C@H](N)C(=O)NC(C#N)CCc1ccccc1. The third-order valence-corrected chi connectivity index (χ3v) is 2.81. The number of nitrogens with two attached hydrogens (primary N) is 1. The summed E-state index contributed by atoms with van der Waals surface area (Å²) in [5.74, 6) is -0.253. The first-order chi connectivity index (χ1) is 8.67. The van der Waals surface area contributed by atoms with Crippen LogP contribution in [0, 0.1) is 11.3 Å². The van der Waals surface area contributed by atoms with E-state index in [1.165, 1.54) is 0 Å². The highest BCUT2D eigenvalue weighted by Gasteiger charge is 2.16. The van der Waals surface area contributed by atoms with E-state index < -0.39 is 12.1 Å². The molecule has 18 heavy (non-hydrogen) atoms.